The largest absolute Gasteiger partial charge is 0.334 e. The van der Waals surface area contributed by atoms with E-state index in [1.807, 2.05) is 5.32 Å². The van der Waals surface area contributed by atoms with E-state index < -0.39 is 11.8 Å². The van der Waals surface area contributed by atoms with E-state index in [-0.39, 0.29) is 11.3 Å². The van der Waals surface area contributed by atoms with Gasteiger partial charge in [0, 0.05) is 6.20 Å². The Balaban J connectivity index is 2.34. The molecule has 2 heterocycles. The number of carbonyl (C=O) groups is 2. The van der Waals surface area contributed by atoms with Crippen LogP contribution in [0.3, 0.4) is 0 Å². The van der Waals surface area contributed by atoms with Crippen LogP contribution in [0.1, 0.15) is 0 Å². The van der Waals surface area contributed by atoms with Crippen LogP contribution in [0.4, 0.5) is 5.82 Å². The lowest BCUT2D eigenvalue weighted by Gasteiger charge is -2.03. The van der Waals surface area contributed by atoms with E-state index in [2.05, 4.69) is 10.3 Å². The lowest BCUT2D eigenvalue weighted by molar-refractivity contribution is -0.124. The number of hydrogen-bond acceptors (Lipinski definition) is 5. The molecule has 1 aromatic rings. The van der Waals surface area contributed by atoms with Gasteiger partial charge in [0.2, 0.25) is 0 Å². The normalized spacial score (nSPS) is 14.7. The van der Waals surface area contributed by atoms with Gasteiger partial charge in [-0.1, -0.05) is 6.07 Å². The number of anilines is 1. The quantitative estimate of drug-likeness (QED) is 0.672. The van der Waals surface area contributed by atoms with E-state index in [1.54, 1.807) is 24.3 Å². The van der Waals surface area contributed by atoms with Gasteiger partial charge in [-0.05, 0) is 12.1 Å². The highest BCUT2D eigenvalue weighted by molar-refractivity contribution is 6.22. The predicted molar refractivity (Wildman–Crippen MR) is 53.6 cm³/mol. The fraction of sp³-hybridized carbons (Fsp3) is 0. The number of carbonyl (C=O) groups excluding carboxylic acids is 2. The Kier molecular flexibility index (Phi) is 2.36. The van der Waals surface area contributed by atoms with Gasteiger partial charge in [-0.25, -0.2) is 4.98 Å². The molecule has 0 spiro atoms. The molecule has 1 aliphatic rings. The highest BCUT2D eigenvalue weighted by atomic mass is 16.2. The lowest BCUT2D eigenvalue weighted by atomic mass is 10.2. The molecule has 0 radical (unpaired) electrons. The summed E-state index contributed by atoms with van der Waals surface area (Å²) in [5, 5.41) is 13.4. The van der Waals surface area contributed by atoms with Crippen LogP contribution in [0.25, 0.3) is 0 Å². The average Bonchev–Trinajstić information content (AvgIpc) is 2.55. The van der Waals surface area contributed by atoms with Gasteiger partial charge in [-0.15, -0.1) is 0 Å². The van der Waals surface area contributed by atoms with Crippen molar-refractivity contribution in [2.24, 2.45) is 0 Å². The molecule has 1 aromatic heterocycles. The van der Waals surface area contributed by atoms with Crippen LogP contribution in [0.5, 0.6) is 0 Å². The van der Waals surface area contributed by atoms with Crippen LogP contribution in [-0.4, -0.2) is 16.8 Å². The molecule has 0 saturated carbocycles. The van der Waals surface area contributed by atoms with Crippen LogP contribution < -0.4 is 10.6 Å². The van der Waals surface area contributed by atoms with Crippen molar-refractivity contribution in [2.45, 2.75) is 0 Å². The number of nitrogens with one attached hydrogen (secondary N) is 2. The molecule has 6 heteroatoms. The fourth-order valence-corrected chi connectivity index (χ4v) is 1.25. The summed E-state index contributed by atoms with van der Waals surface area (Å²) in [6.45, 7) is 0. The maximum absolute atomic E-state index is 11.3. The van der Waals surface area contributed by atoms with Crippen molar-refractivity contribution in [3.63, 3.8) is 0 Å². The molecule has 0 aromatic carbocycles. The fourth-order valence-electron chi connectivity index (χ4n) is 1.25. The van der Waals surface area contributed by atoms with Gasteiger partial charge >= 0.3 is 0 Å². The predicted octanol–water partition coefficient (Wildman–Crippen LogP) is -0.0724. The second-order valence-corrected chi connectivity index (χ2v) is 2.99. The first-order valence-electron chi connectivity index (χ1n) is 4.40. The van der Waals surface area contributed by atoms with Crippen LogP contribution in [0.2, 0.25) is 0 Å². The summed E-state index contributed by atoms with van der Waals surface area (Å²) in [5.41, 5.74) is -0.290. The van der Waals surface area contributed by atoms with Crippen LogP contribution >= 0.6 is 0 Å². The summed E-state index contributed by atoms with van der Waals surface area (Å²) in [5.74, 6) is -0.909. The average molecular weight is 214 g/mol. The first kappa shape index (κ1) is 9.86. The number of nitriles is 1. The van der Waals surface area contributed by atoms with Gasteiger partial charge in [-0.2, -0.15) is 5.26 Å². The van der Waals surface area contributed by atoms with E-state index in [1.165, 1.54) is 6.20 Å². The molecule has 2 N–H and O–H groups in total. The van der Waals surface area contributed by atoms with E-state index in [4.69, 9.17) is 5.26 Å². The Morgan fingerprint density at radius 1 is 1.31 bits per heavy atom. The maximum atomic E-state index is 11.3. The molecule has 0 aliphatic carbocycles. The third-order valence-electron chi connectivity index (χ3n) is 1.96. The molecule has 78 valence electrons. The van der Waals surface area contributed by atoms with Gasteiger partial charge in [-0.3, -0.25) is 14.9 Å². The Morgan fingerprint density at radius 3 is 2.75 bits per heavy atom. The number of aromatic nitrogens is 1. The van der Waals surface area contributed by atoms with Crippen LogP contribution in [0, 0.1) is 11.3 Å². The molecule has 0 unspecified atom stereocenters. The molecule has 0 saturated heterocycles. The molecular weight excluding hydrogens is 208 g/mol. The highest BCUT2D eigenvalue weighted by Crippen LogP contribution is 2.14. The molecule has 0 bridgehead atoms. The first-order valence-corrected chi connectivity index (χ1v) is 4.40. The standard InChI is InChI=1S/C10H6N4O2/c11-5-6-8(10(16)14-9(6)15)13-7-3-1-2-4-12-7/h1-4H,(H2,12,13,14,15,16). The monoisotopic (exact) mass is 214 g/mol. The minimum atomic E-state index is -0.689. The van der Waals surface area contributed by atoms with Crippen molar-refractivity contribution in [3.8, 4) is 6.07 Å². The third kappa shape index (κ3) is 1.62. The molecule has 0 fully saturated rings. The highest BCUT2D eigenvalue weighted by Gasteiger charge is 2.30. The Hall–Kier alpha value is -2.68. The topological polar surface area (TPSA) is 94.9 Å². The number of hydrogen-bond donors (Lipinski definition) is 2. The summed E-state index contributed by atoms with van der Waals surface area (Å²) in [6.07, 6.45) is 1.53. The number of nitrogens with zero attached hydrogens (tertiary/aromatic N) is 2. The van der Waals surface area contributed by atoms with Crippen molar-refractivity contribution < 1.29 is 9.59 Å². The number of amides is 2. The van der Waals surface area contributed by atoms with E-state index in [9.17, 15) is 9.59 Å². The van der Waals surface area contributed by atoms with Gasteiger partial charge in [0.05, 0.1) is 0 Å². The van der Waals surface area contributed by atoms with E-state index >= 15 is 0 Å². The number of rotatable bonds is 2. The lowest BCUT2D eigenvalue weighted by Crippen LogP contribution is -2.24. The maximum Gasteiger partial charge on any atom is 0.276 e. The summed E-state index contributed by atoms with van der Waals surface area (Å²) in [7, 11) is 0. The minimum absolute atomic E-state index is 0.0637. The van der Waals surface area contributed by atoms with Crippen molar-refractivity contribution in [1.29, 1.82) is 5.26 Å². The summed E-state index contributed by atoms with van der Waals surface area (Å²) in [4.78, 5) is 26.4. The molecule has 0 atom stereocenters. The van der Waals surface area contributed by atoms with Gasteiger partial charge < -0.3 is 5.32 Å². The molecule has 16 heavy (non-hydrogen) atoms. The van der Waals surface area contributed by atoms with Crippen molar-refractivity contribution in [2.75, 3.05) is 5.32 Å². The molecule has 2 amide bonds. The zero-order valence-electron chi connectivity index (χ0n) is 8.02. The zero-order chi connectivity index (χ0) is 11.5. The van der Waals surface area contributed by atoms with E-state index in [0.717, 1.165) is 0 Å². The van der Waals surface area contributed by atoms with Crippen LogP contribution in [0.15, 0.2) is 35.7 Å². The van der Waals surface area contributed by atoms with Crippen molar-refractivity contribution >= 4 is 17.6 Å². The smallest absolute Gasteiger partial charge is 0.276 e. The first-order chi connectivity index (χ1) is 7.72. The van der Waals surface area contributed by atoms with Crippen molar-refractivity contribution in [1.82, 2.24) is 10.3 Å². The summed E-state index contributed by atoms with van der Waals surface area (Å²) in [6, 6.07) is 6.73. The molecule has 6 nitrogen and oxygen atoms in total. The number of pyridine rings is 1. The minimum Gasteiger partial charge on any atom is -0.334 e. The molecule has 1 aliphatic heterocycles. The Morgan fingerprint density at radius 2 is 2.12 bits per heavy atom. The van der Waals surface area contributed by atoms with E-state index in [0.29, 0.717) is 5.82 Å². The molecule has 2 rings (SSSR count). The molecular formula is C10H6N4O2. The summed E-state index contributed by atoms with van der Waals surface area (Å²) >= 11 is 0. The summed E-state index contributed by atoms with van der Waals surface area (Å²) < 4.78 is 0. The van der Waals surface area contributed by atoms with Gasteiger partial charge in [0.25, 0.3) is 11.8 Å². The van der Waals surface area contributed by atoms with Gasteiger partial charge in [0.1, 0.15) is 23.2 Å². The third-order valence-corrected chi connectivity index (χ3v) is 1.96. The van der Waals surface area contributed by atoms with Crippen LogP contribution in [-0.2, 0) is 9.59 Å². The van der Waals surface area contributed by atoms with Gasteiger partial charge in [0.15, 0.2) is 0 Å². The zero-order valence-corrected chi connectivity index (χ0v) is 8.02. The SMILES string of the molecule is N#CC1=C(Nc2ccccn2)C(=O)NC1=O. The Bertz CT molecular complexity index is 528. The Labute approximate surface area is 90.6 Å². The van der Waals surface area contributed by atoms with Crippen molar-refractivity contribution in [3.05, 3.63) is 35.7 Å². The number of imide groups is 1. The second-order valence-electron chi connectivity index (χ2n) is 2.99. The second kappa shape index (κ2) is 3.82.